The van der Waals surface area contributed by atoms with E-state index in [0.717, 1.165) is 35.4 Å². The maximum atomic E-state index is 6.40. The van der Waals surface area contributed by atoms with Gasteiger partial charge in [-0.15, -0.1) is 0 Å². The second kappa shape index (κ2) is 9.80. The van der Waals surface area contributed by atoms with Crippen molar-refractivity contribution in [2.24, 2.45) is 16.8 Å². The Balaban J connectivity index is 1.69. The molecule has 29 heavy (non-hydrogen) atoms. The molecule has 0 spiro atoms. The SMILES string of the molecule is CC1CCC(OC(=Nc2cccnc2)SCc2ccc(C(C)(C)C)cc2)CC1C. The fraction of sp³-hybridized carbons (Fsp3) is 0.520. The topological polar surface area (TPSA) is 34.5 Å². The van der Waals surface area contributed by atoms with Crippen molar-refractivity contribution in [1.82, 2.24) is 4.98 Å². The molecule has 0 amide bonds. The first-order chi connectivity index (χ1) is 13.8. The minimum Gasteiger partial charge on any atom is -0.469 e. The van der Waals surface area contributed by atoms with Gasteiger partial charge in [0.25, 0.3) is 5.23 Å². The Bertz CT molecular complexity index is 796. The minimum absolute atomic E-state index is 0.177. The van der Waals surface area contributed by atoms with Crippen molar-refractivity contribution in [1.29, 1.82) is 0 Å². The number of pyridine rings is 1. The Kier molecular flexibility index (Phi) is 7.39. The second-order valence-electron chi connectivity index (χ2n) is 9.33. The van der Waals surface area contributed by atoms with Crippen LogP contribution in [0.1, 0.15) is 65.0 Å². The maximum absolute atomic E-state index is 6.40. The van der Waals surface area contributed by atoms with Crippen LogP contribution < -0.4 is 0 Å². The van der Waals surface area contributed by atoms with Crippen molar-refractivity contribution < 1.29 is 4.74 Å². The number of aliphatic imine (C=N–C) groups is 1. The molecular weight excluding hydrogens is 376 g/mol. The van der Waals surface area contributed by atoms with Crippen LogP contribution in [-0.4, -0.2) is 16.3 Å². The van der Waals surface area contributed by atoms with Gasteiger partial charge in [-0.1, -0.05) is 70.6 Å². The van der Waals surface area contributed by atoms with E-state index >= 15 is 0 Å². The summed E-state index contributed by atoms with van der Waals surface area (Å²) in [6.07, 6.45) is 7.26. The molecule has 1 aliphatic rings. The first-order valence-electron chi connectivity index (χ1n) is 10.7. The Hall–Kier alpha value is -1.81. The first kappa shape index (κ1) is 21.9. The summed E-state index contributed by atoms with van der Waals surface area (Å²) in [6.45, 7) is 11.4. The molecule has 4 heteroatoms. The van der Waals surface area contributed by atoms with E-state index in [1.807, 2.05) is 12.1 Å². The molecule has 1 aliphatic carbocycles. The maximum Gasteiger partial charge on any atom is 0.251 e. The molecule has 1 aromatic carbocycles. The third-order valence-electron chi connectivity index (χ3n) is 5.87. The third-order valence-corrected chi connectivity index (χ3v) is 6.78. The van der Waals surface area contributed by atoms with Gasteiger partial charge in [-0.05, 0) is 59.8 Å². The second-order valence-corrected chi connectivity index (χ2v) is 10.3. The molecule has 1 fully saturated rings. The molecule has 0 bridgehead atoms. The van der Waals surface area contributed by atoms with Crippen LogP contribution in [0.3, 0.4) is 0 Å². The summed E-state index contributed by atoms with van der Waals surface area (Å²) in [5.41, 5.74) is 3.67. The molecule has 3 nitrogen and oxygen atoms in total. The smallest absolute Gasteiger partial charge is 0.251 e. The molecule has 0 aliphatic heterocycles. The number of aromatic nitrogens is 1. The lowest BCUT2D eigenvalue weighted by Crippen LogP contribution is -2.28. The van der Waals surface area contributed by atoms with Crippen molar-refractivity contribution in [3.63, 3.8) is 0 Å². The van der Waals surface area contributed by atoms with Gasteiger partial charge >= 0.3 is 0 Å². The lowest BCUT2D eigenvalue weighted by molar-refractivity contribution is 0.0952. The lowest BCUT2D eigenvalue weighted by atomic mass is 9.80. The van der Waals surface area contributed by atoms with Crippen LogP contribution in [-0.2, 0) is 15.9 Å². The highest BCUT2D eigenvalue weighted by atomic mass is 32.2. The molecule has 156 valence electrons. The van der Waals surface area contributed by atoms with Gasteiger partial charge in [0.05, 0.1) is 11.9 Å². The van der Waals surface area contributed by atoms with E-state index in [9.17, 15) is 0 Å². The highest BCUT2D eigenvalue weighted by Crippen LogP contribution is 2.32. The number of hydrogen-bond acceptors (Lipinski definition) is 4. The molecule has 3 unspecified atom stereocenters. The van der Waals surface area contributed by atoms with Crippen molar-refractivity contribution in [3.8, 4) is 0 Å². The summed E-state index contributed by atoms with van der Waals surface area (Å²) in [5, 5.41) is 0.754. The van der Waals surface area contributed by atoms with Crippen molar-refractivity contribution in [2.75, 3.05) is 0 Å². The molecule has 1 saturated carbocycles. The fourth-order valence-corrected chi connectivity index (χ4v) is 4.47. The van der Waals surface area contributed by atoms with Gasteiger partial charge in [-0.3, -0.25) is 4.98 Å². The van der Waals surface area contributed by atoms with Gasteiger partial charge in [0.15, 0.2) is 0 Å². The lowest BCUT2D eigenvalue weighted by Gasteiger charge is -2.32. The van der Waals surface area contributed by atoms with Crippen LogP contribution in [0.2, 0.25) is 0 Å². The highest BCUT2D eigenvalue weighted by molar-refractivity contribution is 8.12. The molecule has 2 aromatic rings. The van der Waals surface area contributed by atoms with E-state index < -0.39 is 0 Å². The van der Waals surface area contributed by atoms with E-state index in [-0.39, 0.29) is 11.5 Å². The number of rotatable bonds is 4. The molecule has 1 heterocycles. The van der Waals surface area contributed by atoms with Gasteiger partial charge < -0.3 is 4.74 Å². The van der Waals surface area contributed by atoms with Crippen molar-refractivity contribution in [2.45, 2.75) is 71.2 Å². The number of thioether (sulfide) groups is 1. The zero-order chi connectivity index (χ0) is 20.9. The number of nitrogens with zero attached hydrogens (tertiary/aromatic N) is 2. The summed E-state index contributed by atoms with van der Waals surface area (Å²) in [4.78, 5) is 8.95. The van der Waals surface area contributed by atoms with Crippen LogP contribution in [0.5, 0.6) is 0 Å². The van der Waals surface area contributed by atoms with E-state index in [0.29, 0.717) is 5.92 Å². The van der Waals surface area contributed by atoms with Crippen molar-refractivity contribution in [3.05, 3.63) is 59.9 Å². The molecule has 3 rings (SSSR count). The monoisotopic (exact) mass is 410 g/mol. The normalized spacial score (nSPS) is 23.1. The largest absolute Gasteiger partial charge is 0.469 e. The average Bonchev–Trinajstić information content (AvgIpc) is 2.69. The zero-order valence-corrected chi connectivity index (χ0v) is 19.2. The van der Waals surface area contributed by atoms with Crippen molar-refractivity contribution >= 4 is 22.7 Å². The van der Waals surface area contributed by atoms with Gasteiger partial charge in [0, 0.05) is 11.9 Å². The summed E-state index contributed by atoms with van der Waals surface area (Å²) in [5.74, 6) is 2.33. The molecule has 1 aromatic heterocycles. The minimum atomic E-state index is 0.177. The standard InChI is InChI=1S/C25H34N2OS/c1-18-8-13-23(15-19(18)2)28-24(27-22-7-6-14-26-16-22)29-17-20-9-11-21(12-10-20)25(3,4)5/h6-7,9-12,14,16,18-19,23H,8,13,15,17H2,1-5H3. The Morgan fingerprint density at radius 1 is 1.10 bits per heavy atom. The molecule has 3 atom stereocenters. The van der Waals surface area contributed by atoms with Gasteiger partial charge in [-0.25, -0.2) is 4.99 Å². The summed E-state index contributed by atoms with van der Waals surface area (Å²) in [6, 6.07) is 12.8. The Morgan fingerprint density at radius 2 is 1.86 bits per heavy atom. The average molecular weight is 411 g/mol. The number of hydrogen-bond donors (Lipinski definition) is 0. The molecule has 0 radical (unpaired) electrons. The summed E-state index contributed by atoms with van der Waals surface area (Å²) in [7, 11) is 0. The van der Waals surface area contributed by atoms with Crippen LogP contribution in [0.25, 0.3) is 0 Å². The molecule has 0 saturated heterocycles. The first-order valence-corrected chi connectivity index (χ1v) is 11.7. The number of benzene rings is 1. The zero-order valence-electron chi connectivity index (χ0n) is 18.4. The van der Waals surface area contributed by atoms with Crippen LogP contribution in [0.4, 0.5) is 5.69 Å². The Morgan fingerprint density at radius 3 is 2.48 bits per heavy atom. The van der Waals surface area contributed by atoms with Crippen LogP contribution >= 0.6 is 11.8 Å². The van der Waals surface area contributed by atoms with Crippen LogP contribution in [0, 0.1) is 11.8 Å². The van der Waals surface area contributed by atoms with E-state index in [1.165, 1.54) is 17.5 Å². The quantitative estimate of drug-likeness (QED) is 0.397. The van der Waals surface area contributed by atoms with E-state index in [1.54, 1.807) is 24.2 Å². The fourth-order valence-electron chi connectivity index (χ4n) is 3.61. The Labute approximate surface area is 180 Å². The third kappa shape index (κ3) is 6.60. The van der Waals surface area contributed by atoms with Gasteiger partial charge in [-0.2, -0.15) is 0 Å². The van der Waals surface area contributed by atoms with E-state index in [2.05, 4.69) is 63.9 Å². The van der Waals surface area contributed by atoms with E-state index in [4.69, 9.17) is 9.73 Å². The summed E-state index contributed by atoms with van der Waals surface area (Å²) >= 11 is 1.68. The number of ether oxygens (including phenoxy) is 1. The predicted octanol–water partition coefficient (Wildman–Crippen LogP) is 7.14. The van der Waals surface area contributed by atoms with Crippen LogP contribution in [0.15, 0.2) is 53.8 Å². The highest BCUT2D eigenvalue weighted by Gasteiger charge is 2.26. The van der Waals surface area contributed by atoms with Gasteiger partial charge in [0.1, 0.15) is 6.10 Å². The van der Waals surface area contributed by atoms with Gasteiger partial charge in [0.2, 0.25) is 0 Å². The summed E-state index contributed by atoms with van der Waals surface area (Å²) < 4.78 is 6.40. The molecular formula is C25H34N2OS. The molecule has 0 N–H and O–H groups in total. The predicted molar refractivity (Wildman–Crippen MR) is 125 cm³/mol.